The van der Waals surface area contributed by atoms with Gasteiger partial charge in [0.25, 0.3) is 0 Å². The van der Waals surface area contributed by atoms with E-state index >= 15 is 0 Å². The number of hydrogen-bond acceptors (Lipinski definition) is 3. The van der Waals surface area contributed by atoms with Gasteiger partial charge >= 0.3 is 267 Å². The van der Waals surface area contributed by atoms with Crippen molar-refractivity contribution >= 4 is 34.1 Å². The van der Waals surface area contributed by atoms with Crippen LogP contribution in [0, 0.1) is 0 Å². The molecule has 0 saturated heterocycles. The van der Waals surface area contributed by atoms with Crippen LogP contribution in [0.25, 0.3) is 21.5 Å². The zero-order valence-corrected chi connectivity index (χ0v) is 30.7. The molecule has 0 aromatic heterocycles. The molecule has 4 aromatic carbocycles. The Labute approximate surface area is 266 Å². The summed E-state index contributed by atoms with van der Waals surface area (Å²) in [6, 6.07) is 21.3. The quantitative estimate of drug-likeness (QED) is 0.200. The van der Waals surface area contributed by atoms with Crippen LogP contribution in [-0.2, 0) is 28.1 Å². The molecule has 0 aliphatic heterocycles. The fourth-order valence-electron chi connectivity index (χ4n) is 6.29. The van der Waals surface area contributed by atoms with E-state index in [1.807, 2.05) is 26.0 Å². The Morgan fingerprint density at radius 1 is 0.455 bits per heavy atom. The minimum atomic E-state index is -5.51. The van der Waals surface area contributed by atoms with E-state index < -0.39 is 17.9 Å². The Morgan fingerprint density at radius 3 is 1.27 bits per heavy atom. The molecule has 0 aliphatic rings. The first kappa shape index (κ1) is 34.6. The molecule has 0 fully saturated rings. The molecule has 0 radical (unpaired) electrons. The number of rotatable bonds is 4. The molecule has 0 saturated carbocycles. The normalized spacial score (nSPS) is 15.1. The Kier molecular flexibility index (Phi) is 8.14. The molecule has 4 rings (SSSR count). The summed E-state index contributed by atoms with van der Waals surface area (Å²) in [7, 11) is -5.51. The van der Waals surface area contributed by atoms with Gasteiger partial charge in [0.05, 0.1) is 0 Å². The number of hydrogen-bond donors (Lipinski definition) is 3. The van der Waals surface area contributed by atoms with Crippen LogP contribution in [0.5, 0.6) is 0 Å². The van der Waals surface area contributed by atoms with Crippen LogP contribution in [-0.4, -0.2) is 19.8 Å². The molecule has 0 spiro atoms. The van der Waals surface area contributed by atoms with Crippen molar-refractivity contribution in [2.75, 3.05) is 0 Å². The monoisotopic (exact) mass is 616 g/mol. The molecule has 240 valence electrons. The van der Waals surface area contributed by atoms with Crippen molar-refractivity contribution < 1.29 is 14.7 Å². The van der Waals surface area contributed by atoms with Crippen molar-refractivity contribution in [3.8, 4) is 0 Å². The van der Waals surface area contributed by atoms with E-state index in [0.29, 0.717) is 6.42 Å². The molecule has 0 heterocycles. The summed E-state index contributed by atoms with van der Waals surface area (Å²) in [4.78, 5) is 37.2. The van der Waals surface area contributed by atoms with Gasteiger partial charge in [0, 0.05) is 0 Å². The van der Waals surface area contributed by atoms with Crippen molar-refractivity contribution in [3.05, 3.63) is 88.5 Å². The van der Waals surface area contributed by atoms with Crippen molar-refractivity contribution in [2.45, 2.75) is 130 Å². The van der Waals surface area contributed by atoms with E-state index in [-0.39, 0.29) is 21.5 Å². The van der Waals surface area contributed by atoms with Crippen molar-refractivity contribution in [1.29, 1.82) is 0 Å². The summed E-state index contributed by atoms with van der Waals surface area (Å²) in [6.07, 6.45) is 0.308. The maximum atomic E-state index is 12.4. The second kappa shape index (κ2) is 10.4. The van der Waals surface area contributed by atoms with E-state index in [2.05, 4.69) is 132 Å². The average molecular weight is 617 g/mol. The zero-order valence-electron chi connectivity index (χ0n) is 29.8. The fraction of sp³-hybridized carbons (Fsp3) is 0.500. The first-order valence-electron chi connectivity index (χ1n) is 16.0. The van der Waals surface area contributed by atoms with E-state index in [1.165, 1.54) is 16.5 Å². The summed E-state index contributed by atoms with van der Waals surface area (Å²) in [5, 5.41) is 3.22. The van der Waals surface area contributed by atoms with Gasteiger partial charge in [-0.1, -0.05) is 0 Å². The van der Waals surface area contributed by atoms with Gasteiger partial charge in [-0.3, -0.25) is 0 Å². The van der Waals surface area contributed by atoms with Crippen molar-refractivity contribution in [3.63, 3.8) is 0 Å². The average Bonchev–Trinajstić information content (AvgIpc) is 2.84. The first-order valence-corrected chi connectivity index (χ1v) is 18.1. The predicted octanol–water partition coefficient (Wildman–Crippen LogP) is 10.1. The van der Waals surface area contributed by atoms with E-state index in [0.717, 1.165) is 32.8 Å². The first-order chi connectivity index (χ1) is 19.6. The molecule has 0 unspecified atom stereocenters. The van der Waals surface area contributed by atoms with Gasteiger partial charge in [-0.05, 0) is 0 Å². The second-order valence-electron chi connectivity index (χ2n) is 18.0. The van der Waals surface area contributed by atoms with Crippen LogP contribution in [0.2, 0.25) is 0 Å². The van der Waals surface area contributed by atoms with Gasteiger partial charge in [0.2, 0.25) is 0 Å². The molecule has 0 aliphatic carbocycles. The Morgan fingerprint density at radius 2 is 0.864 bits per heavy atom. The Bertz CT molecular complexity index is 1720. The molecular formula is C40H57O3P. The summed E-state index contributed by atoms with van der Waals surface area (Å²) < 4.78 is 0. The van der Waals surface area contributed by atoms with Gasteiger partial charge < -0.3 is 0 Å². The van der Waals surface area contributed by atoms with Gasteiger partial charge in [-0.2, -0.15) is 0 Å². The molecule has 0 bridgehead atoms. The SMILES string of the molecule is CC(C)(C)c1ccc2cc(CC(C)(C)P(O)(O)(O)c3cc4ccc(C(C)(C)C)cc4cc3C(C)(C)C)c(C(C)(C)C)cc2c1. The topological polar surface area (TPSA) is 60.7 Å². The molecular weight excluding hydrogens is 559 g/mol. The fourth-order valence-corrected chi connectivity index (χ4v) is 8.62. The Hall–Kier alpha value is -2.29. The predicted molar refractivity (Wildman–Crippen MR) is 194 cm³/mol. The second-order valence-corrected chi connectivity index (χ2v) is 21.6. The number of fused-ring (bicyclic) bond motifs is 2. The third kappa shape index (κ3) is 6.36. The van der Waals surface area contributed by atoms with Crippen LogP contribution < -0.4 is 5.30 Å². The Balaban J connectivity index is 1.93. The third-order valence-electron chi connectivity index (χ3n) is 9.55. The van der Waals surface area contributed by atoms with Crippen LogP contribution in [0.4, 0.5) is 0 Å². The molecule has 0 amide bonds. The zero-order chi connectivity index (χ0) is 33.5. The molecule has 4 aromatic rings. The molecule has 4 heteroatoms. The molecule has 44 heavy (non-hydrogen) atoms. The third-order valence-corrected chi connectivity index (χ3v) is 13.2. The van der Waals surface area contributed by atoms with Gasteiger partial charge in [-0.25, -0.2) is 0 Å². The van der Waals surface area contributed by atoms with E-state index in [1.54, 1.807) is 0 Å². The maximum absolute atomic E-state index is 12.4. The van der Waals surface area contributed by atoms with Gasteiger partial charge in [-0.15, -0.1) is 0 Å². The summed E-state index contributed by atoms with van der Waals surface area (Å²) >= 11 is 0. The minimum absolute atomic E-state index is 0.0141. The van der Waals surface area contributed by atoms with Crippen LogP contribution >= 0.6 is 7.28 Å². The van der Waals surface area contributed by atoms with Crippen molar-refractivity contribution in [2.24, 2.45) is 0 Å². The summed E-state index contributed by atoms with van der Waals surface area (Å²) in [5.41, 5.74) is 4.85. The van der Waals surface area contributed by atoms with Crippen molar-refractivity contribution in [1.82, 2.24) is 0 Å². The summed E-state index contributed by atoms with van der Waals surface area (Å²) in [5.74, 6) is 0. The van der Waals surface area contributed by atoms with E-state index in [4.69, 9.17) is 0 Å². The molecule has 0 atom stereocenters. The standard InChI is InChI=1S/C40H57O3P/c1-36(2,3)31-17-15-26-19-30(33(38(7,8)9)22-28(26)20-31)25-40(13,14)44(41,42,43)35-24-27-16-18-32(37(4,5)6)21-29(27)23-34(35)39(10,11)12/h15-24,41-43H,25H2,1-14H3. The molecule has 3 N–H and O–H groups in total. The molecule has 3 nitrogen and oxygen atoms in total. The van der Waals surface area contributed by atoms with Gasteiger partial charge in [0.1, 0.15) is 0 Å². The van der Waals surface area contributed by atoms with Crippen LogP contribution in [0.15, 0.2) is 60.7 Å². The van der Waals surface area contributed by atoms with Crippen LogP contribution in [0.1, 0.15) is 125 Å². The number of benzene rings is 4. The van der Waals surface area contributed by atoms with E-state index in [9.17, 15) is 14.7 Å². The van der Waals surface area contributed by atoms with Gasteiger partial charge in [0.15, 0.2) is 0 Å². The summed E-state index contributed by atoms with van der Waals surface area (Å²) in [6.45, 7) is 29.7. The van der Waals surface area contributed by atoms with Crippen LogP contribution in [0.3, 0.4) is 0 Å².